The first-order valence-electron chi connectivity index (χ1n) is 6.14. The summed E-state index contributed by atoms with van der Waals surface area (Å²) >= 11 is 1.73. The van der Waals surface area contributed by atoms with Gasteiger partial charge in [-0.3, -0.25) is 4.79 Å². The van der Waals surface area contributed by atoms with Gasteiger partial charge < -0.3 is 10.4 Å². The molecule has 0 amide bonds. The molecule has 2 atom stereocenters. The summed E-state index contributed by atoms with van der Waals surface area (Å²) in [6.45, 7) is 4.80. The lowest BCUT2D eigenvalue weighted by atomic mass is 9.94. The van der Waals surface area contributed by atoms with E-state index in [0.29, 0.717) is 13.0 Å². The lowest BCUT2D eigenvalue weighted by Gasteiger charge is -2.17. The molecule has 1 aromatic rings. The van der Waals surface area contributed by atoms with Crippen molar-refractivity contribution in [3.05, 3.63) is 28.8 Å². The maximum Gasteiger partial charge on any atom is 0.307 e. The van der Waals surface area contributed by atoms with Crippen molar-refractivity contribution >= 4 is 17.7 Å². The SMILES string of the molecule is CSc1cc(C)c(C)c(C2CC(C(=O)O)CN2)c1. The van der Waals surface area contributed by atoms with Gasteiger partial charge >= 0.3 is 5.97 Å². The van der Waals surface area contributed by atoms with Crippen LogP contribution in [-0.4, -0.2) is 23.9 Å². The number of nitrogens with one attached hydrogen (secondary N) is 1. The van der Waals surface area contributed by atoms with Gasteiger partial charge in [-0.25, -0.2) is 0 Å². The Hall–Kier alpha value is -1.00. The van der Waals surface area contributed by atoms with Crippen molar-refractivity contribution in [1.82, 2.24) is 5.32 Å². The molecule has 18 heavy (non-hydrogen) atoms. The van der Waals surface area contributed by atoms with Crippen molar-refractivity contribution < 1.29 is 9.90 Å². The quantitative estimate of drug-likeness (QED) is 0.825. The number of rotatable bonds is 3. The van der Waals surface area contributed by atoms with Gasteiger partial charge in [0.05, 0.1) is 5.92 Å². The van der Waals surface area contributed by atoms with Crippen LogP contribution in [0.15, 0.2) is 17.0 Å². The van der Waals surface area contributed by atoms with Gasteiger partial charge in [-0.1, -0.05) is 0 Å². The van der Waals surface area contributed by atoms with E-state index in [1.807, 2.05) is 0 Å². The summed E-state index contributed by atoms with van der Waals surface area (Å²) < 4.78 is 0. The molecule has 2 unspecified atom stereocenters. The minimum absolute atomic E-state index is 0.178. The third kappa shape index (κ3) is 2.54. The standard InChI is InChI=1S/C14H19NO2S/c1-8-4-11(18-3)6-12(9(8)2)13-5-10(7-15-13)14(16)17/h4,6,10,13,15H,5,7H2,1-3H3,(H,16,17). The molecule has 0 saturated carbocycles. The minimum atomic E-state index is -0.694. The van der Waals surface area contributed by atoms with E-state index in [1.54, 1.807) is 11.8 Å². The fourth-order valence-corrected chi connectivity index (χ4v) is 3.03. The van der Waals surface area contributed by atoms with Gasteiger partial charge in [-0.05, 0) is 55.3 Å². The molecular weight excluding hydrogens is 246 g/mol. The summed E-state index contributed by atoms with van der Waals surface area (Å²) in [6.07, 6.45) is 2.75. The van der Waals surface area contributed by atoms with E-state index in [2.05, 4.69) is 37.6 Å². The second kappa shape index (κ2) is 5.33. The Balaban J connectivity index is 2.29. The first kappa shape index (κ1) is 13.4. The van der Waals surface area contributed by atoms with Crippen molar-refractivity contribution in [3.8, 4) is 0 Å². The van der Waals surface area contributed by atoms with Crippen LogP contribution in [0.25, 0.3) is 0 Å². The van der Waals surface area contributed by atoms with Crippen molar-refractivity contribution in [3.63, 3.8) is 0 Å². The first-order valence-corrected chi connectivity index (χ1v) is 7.36. The molecule has 1 aliphatic heterocycles. The Labute approximate surface area is 112 Å². The molecule has 1 saturated heterocycles. The summed E-state index contributed by atoms with van der Waals surface area (Å²) in [6, 6.07) is 4.55. The van der Waals surface area contributed by atoms with E-state index in [9.17, 15) is 4.79 Å². The van der Waals surface area contributed by atoms with E-state index in [4.69, 9.17) is 5.11 Å². The van der Waals surface area contributed by atoms with Crippen molar-refractivity contribution in [2.75, 3.05) is 12.8 Å². The number of carbonyl (C=O) groups is 1. The zero-order chi connectivity index (χ0) is 13.3. The normalized spacial score (nSPS) is 23.3. The zero-order valence-corrected chi connectivity index (χ0v) is 11.8. The van der Waals surface area contributed by atoms with Gasteiger partial charge in [0.15, 0.2) is 0 Å². The largest absolute Gasteiger partial charge is 0.481 e. The number of thioether (sulfide) groups is 1. The van der Waals surface area contributed by atoms with E-state index < -0.39 is 5.97 Å². The summed E-state index contributed by atoms with van der Waals surface area (Å²) in [5.41, 5.74) is 3.80. The van der Waals surface area contributed by atoms with Crippen LogP contribution >= 0.6 is 11.8 Å². The Morgan fingerprint density at radius 1 is 1.44 bits per heavy atom. The van der Waals surface area contributed by atoms with Crippen molar-refractivity contribution in [2.24, 2.45) is 5.92 Å². The molecule has 1 aromatic carbocycles. The highest BCUT2D eigenvalue weighted by Gasteiger charge is 2.31. The van der Waals surface area contributed by atoms with Crippen LogP contribution in [0.5, 0.6) is 0 Å². The number of aliphatic carboxylic acids is 1. The molecule has 98 valence electrons. The Bertz CT molecular complexity index is 473. The number of hydrogen-bond acceptors (Lipinski definition) is 3. The smallest absolute Gasteiger partial charge is 0.307 e. The second-order valence-corrected chi connectivity index (χ2v) is 5.77. The minimum Gasteiger partial charge on any atom is -0.481 e. The summed E-state index contributed by atoms with van der Waals surface area (Å²) in [5, 5.41) is 12.4. The molecule has 3 nitrogen and oxygen atoms in total. The van der Waals surface area contributed by atoms with Gasteiger partial charge in [-0.15, -0.1) is 11.8 Å². The molecular formula is C14H19NO2S. The molecule has 0 aliphatic carbocycles. The molecule has 0 radical (unpaired) electrons. The lowest BCUT2D eigenvalue weighted by molar-refractivity contribution is -0.141. The number of benzene rings is 1. The average molecular weight is 265 g/mol. The molecule has 2 N–H and O–H groups in total. The van der Waals surface area contributed by atoms with Crippen LogP contribution in [0, 0.1) is 19.8 Å². The average Bonchev–Trinajstić information content (AvgIpc) is 2.82. The monoisotopic (exact) mass is 265 g/mol. The van der Waals surface area contributed by atoms with Crippen LogP contribution in [0.4, 0.5) is 0 Å². The fraction of sp³-hybridized carbons (Fsp3) is 0.500. The van der Waals surface area contributed by atoms with Gasteiger partial charge in [0.25, 0.3) is 0 Å². The van der Waals surface area contributed by atoms with E-state index >= 15 is 0 Å². The van der Waals surface area contributed by atoms with Crippen LogP contribution in [0.1, 0.15) is 29.2 Å². The van der Waals surface area contributed by atoms with Gasteiger partial charge in [0.1, 0.15) is 0 Å². The fourth-order valence-electron chi connectivity index (χ4n) is 2.49. The number of carboxylic acid groups (broad SMARTS) is 1. The van der Waals surface area contributed by atoms with Crippen LogP contribution < -0.4 is 5.32 Å². The predicted molar refractivity (Wildman–Crippen MR) is 74.2 cm³/mol. The van der Waals surface area contributed by atoms with Gasteiger partial charge in [0, 0.05) is 17.5 Å². The highest BCUT2D eigenvalue weighted by atomic mass is 32.2. The Morgan fingerprint density at radius 2 is 2.17 bits per heavy atom. The Morgan fingerprint density at radius 3 is 2.72 bits per heavy atom. The predicted octanol–water partition coefficient (Wildman–Crippen LogP) is 2.76. The second-order valence-electron chi connectivity index (χ2n) is 4.89. The van der Waals surface area contributed by atoms with Crippen LogP contribution in [0.3, 0.4) is 0 Å². The van der Waals surface area contributed by atoms with E-state index in [-0.39, 0.29) is 12.0 Å². The molecule has 1 heterocycles. The highest BCUT2D eigenvalue weighted by Crippen LogP contribution is 2.33. The zero-order valence-electron chi connectivity index (χ0n) is 11.0. The van der Waals surface area contributed by atoms with Crippen LogP contribution in [0.2, 0.25) is 0 Å². The summed E-state index contributed by atoms with van der Waals surface area (Å²) in [5.74, 6) is -0.951. The van der Waals surface area contributed by atoms with Crippen molar-refractivity contribution in [1.29, 1.82) is 0 Å². The first-order chi connectivity index (χ1) is 8.52. The maximum atomic E-state index is 11.0. The molecule has 2 rings (SSSR count). The molecule has 1 fully saturated rings. The Kier molecular flexibility index (Phi) is 3.97. The molecule has 0 spiro atoms. The number of carboxylic acids is 1. The molecule has 4 heteroatoms. The number of hydrogen-bond donors (Lipinski definition) is 2. The third-order valence-electron chi connectivity index (χ3n) is 3.77. The molecule has 1 aliphatic rings. The summed E-state index contributed by atoms with van der Waals surface area (Å²) in [7, 11) is 0. The maximum absolute atomic E-state index is 11.0. The van der Waals surface area contributed by atoms with E-state index in [1.165, 1.54) is 21.6 Å². The third-order valence-corrected chi connectivity index (χ3v) is 4.48. The topological polar surface area (TPSA) is 49.3 Å². The lowest BCUT2D eigenvalue weighted by Crippen LogP contribution is -2.17. The number of aryl methyl sites for hydroxylation is 1. The van der Waals surface area contributed by atoms with Gasteiger partial charge in [-0.2, -0.15) is 0 Å². The molecule has 0 bridgehead atoms. The van der Waals surface area contributed by atoms with Crippen molar-refractivity contribution in [2.45, 2.75) is 31.2 Å². The van der Waals surface area contributed by atoms with Gasteiger partial charge in [0.2, 0.25) is 0 Å². The van der Waals surface area contributed by atoms with E-state index in [0.717, 1.165) is 0 Å². The van der Waals surface area contributed by atoms with Crippen LogP contribution in [-0.2, 0) is 4.79 Å². The molecule has 0 aromatic heterocycles. The highest BCUT2D eigenvalue weighted by molar-refractivity contribution is 7.98. The summed E-state index contributed by atoms with van der Waals surface area (Å²) in [4.78, 5) is 12.3.